The summed E-state index contributed by atoms with van der Waals surface area (Å²) < 4.78 is 5.56. The number of nitrogens with one attached hydrogen (secondary N) is 1. The van der Waals surface area contributed by atoms with E-state index in [4.69, 9.17) is 4.74 Å². The molecule has 0 saturated heterocycles. The normalized spacial score (nSPS) is 12.7. The van der Waals surface area contributed by atoms with Crippen molar-refractivity contribution in [3.05, 3.63) is 89.1 Å². The molecule has 1 N–H and O–H groups in total. The summed E-state index contributed by atoms with van der Waals surface area (Å²) in [7, 11) is 0. The summed E-state index contributed by atoms with van der Waals surface area (Å²) in [5.74, 6) is 1.20. The molecule has 1 aliphatic rings. The van der Waals surface area contributed by atoms with Crippen molar-refractivity contribution in [3.63, 3.8) is 0 Å². The van der Waals surface area contributed by atoms with E-state index in [-0.39, 0.29) is 5.78 Å². The summed E-state index contributed by atoms with van der Waals surface area (Å²) in [5.41, 5.74) is 8.08. The third-order valence-corrected chi connectivity index (χ3v) is 5.72. The first-order valence-corrected chi connectivity index (χ1v) is 10.1. The van der Waals surface area contributed by atoms with Crippen molar-refractivity contribution in [2.45, 2.75) is 26.2 Å². The third-order valence-electron chi connectivity index (χ3n) is 5.72. The topological polar surface area (TPSA) is 42.1 Å². The molecular formula is C26H23NO2. The lowest BCUT2D eigenvalue weighted by Gasteiger charge is -2.10. The molecule has 0 unspecified atom stereocenters. The van der Waals surface area contributed by atoms with E-state index in [0.29, 0.717) is 12.8 Å². The van der Waals surface area contributed by atoms with Gasteiger partial charge in [0.25, 0.3) is 0 Å². The molecule has 1 aromatic heterocycles. The summed E-state index contributed by atoms with van der Waals surface area (Å²) in [6.45, 7) is 2.86. The van der Waals surface area contributed by atoms with Crippen molar-refractivity contribution in [1.29, 1.82) is 0 Å². The number of ketones is 1. The number of carbonyl (C=O) groups excluding carboxylic acids is 1. The van der Waals surface area contributed by atoms with E-state index < -0.39 is 0 Å². The van der Waals surface area contributed by atoms with E-state index in [1.807, 2.05) is 18.3 Å². The van der Waals surface area contributed by atoms with Crippen LogP contribution in [0.4, 0.5) is 0 Å². The fourth-order valence-electron chi connectivity index (χ4n) is 4.18. The Morgan fingerprint density at radius 3 is 2.69 bits per heavy atom. The maximum absolute atomic E-state index is 12.7. The molecule has 0 fully saturated rings. The number of aromatic nitrogens is 1. The minimum atomic E-state index is 0.236. The van der Waals surface area contributed by atoms with Gasteiger partial charge in [0.15, 0.2) is 0 Å². The molecule has 1 aliphatic heterocycles. The Labute approximate surface area is 170 Å². The molecule has 5 rings (SSSR count). The number of Topliss-reactive ketones (excluding diaryl/α,β-unsaturated/α-hetero) is 1. The third kappa shape index (κ3) is 3.56. The van der Waals surface area contributed by atoms with Crippen LogP contribution < -0.4 is 4.74 Å². The van der Waals surface area contributed by atoms with Gasteiger partial charge in [-0.2, -0.15) is 0 Å². The molecule has 0 amide bonds. The van der Waals surface area contributed by atoms with Gasteiger partial charge >= 0.3 is 0 Å². The van der Waals surface area contributed by atoms with E-state index in [1.165, 1.54) is 27.6 Å². The Kier molecular flexibility index (Phi) is 4.44. The molecule has 0 bridgehead atoms. The predicted octanol–water partition coefficient (Wildman–Crippen LogP) is 5.43. The van der Waals surface area contributed by atoms with Crippen LogP contribution in [0.5, 0.6) is 5.75 Å². The molecule has 29 heavy (non-hydrogen) atoms. The number of H-pyrrole nitrogens is 1. The van der Waals surface area contributed by atoms with Crippen LogP contribution in [0.15, 0.2) is 66.9 Å². The zero-order valence-electron chi connectivity index (χ0n) is 16.5. The summed E-state index contributed by atoms with van der Waals surface area (Å²) >= 11 is 0. The molecule has 3 aromatic carbocycles. The highest BCUT2D eigenvalue weighted by Crippen LogP contribution is 2.29. The van der Waals surface area contributed by atoms with E-state index in [9.17, 15) is 4.79 Å². The van der Waals surface area contributed by atoms with E-state index in [1.54, 1.807) is 0 Å². The number of aryl methyl sites for hydroxylation is 1. The highest BCUT2D eigenvalue weighted by Gasteiger charge is 2.14. The predicted molar refractivity (Wildman–Crippen MR) is 117 cm³/mol. The minimum absolute atomic E-state index is 0.236. The van der Waals surface area contributed by atoms with E-state index in [0.717, 1.165) is 35.4 Å². The van der Waals surface area contributed by atoms with Gasteiger partial charge in [-0.3, -0.25) is 4.79 Å². The van der Waals surface area contributed by atoms with Gasteiger partial charge in [-0.05, 0) is 70.0 Å². The minimum Gasteiger partial charge on any atom is -0.493 e. The van der Waals surface area contributed by atoms with Crippen LogP contribution in [-0.2, 0) is 24.1 Å². The van der Waals surface area contributed by atoms with Crippen molar-refractivity contribution >= 4 is 16.7 Å². The zero-order chi connectivity index (χ0) is 19.8. The first kappa shape index (κ1) is 17.7. The van der Waals surface area contributed by atoms with Crippen LogP contribution >= 0.6 is 0 Å². The quantitative estimate of drug-likeness (QED) is 0.501. The highest BCUT2D eigenvalue weighted by molar-refractivity contribution is 5.87. The summed E-state index contributed by atoms with van der Waals surface area (Å²) in [5, 5.41) is 1.20. The van der Waals surface area contributed by atoms with Gasteiger partial charge in [0.05, 0.1) is 6.61 Å². The van der Waals surface area contributed by atoms with Crippen molar-refractivity contribution in [2.75, 3.05) is 6.61 Å². The number of hydrogen-bond donors (Lipinski definition) is 1. The van der Waals surface area contributed by atoms with E-state index >= 15 is 0 Å². The van der Waals surface area contributed by atoms with Crippen LogP contribution in [-0.4, -0.2) is 17.4 Å². The molecule has 2 heterocycles. The van der Waals surface area contributed by atoms with Gasteiger partial charge < -0.3 is 9.72 Å². The average Bonchev–Trinajstić information content (AvgIpc) is 3.37. The molecule has 0 radical (unpaired) electrons. The van der Waals surface area contributed by atoms with Crippen LogP contribution in [0.2, 0.25) is 0 Å². The lowest BCUT2D eigenvalue weighted by Crippen LogP contribution is -2.07. The largest absolute Gasteiger partial charge is 0.493 e. The molecule has 0 aliphatic carbocycles. The second kappa shape index (κ2) is 7.25. The zero-order valence-corrected chi connectivity index (χ0v) is 16.5. The second-order valence-electron chi connectivity index (χ2n) is 7.86. The van der Waals surface area contributed by atoms with Crippen LogP contribution in [0.25, 0.3) is 22.0 Å². The van der Waals surface area contributed by atoms with Gasteiger partial charge in [0, 0.05) is 31.0 Å². The van der Waals surface area contributed by atoms with Crippen molar-refractivity contribution in [3.8, 4) is 16.9 Å². The number of benzene rings is 3. The van der Waals surface area contributed by atoms with E-state index in [2.05, 4.69) is 60.4 Å². The Morgan fingerprint density at radius 2 is 1.79 bits per heavy atom. The van der Waals surface area contributed by atoms with Crippen LogP contribution in [0.1, 0.15) is 22.3 Å². The van der Waals surface area contributed by atoms with Gasteiger partial charge in [0.1, 0.15) is 11.5 Å². The molecule has 3 nitrogen and oxygen atoms in total. The maximum Gasteiger partial charge on any atom is 0.141 e. The monoisotopic (exact) mass is 381 g/mol. The first-order chi connectivity index (χ1) is 14.2. The molecule has 144 valence electrons. The maximum atomic E-state index is 12.7. The first-order valence-electron chi connectivity index (χ1n) is 10.1. The fourth-order valence-corrected chi connectivity index (χ4v) is 4.18. The van der Waals surface area contributed by atoms with Gasteiger partial charge in [0.2, 0.25) is 0 Å². The van der Waals surface area contributed by atoms with Gasteiger partial charge in [-0.1, -0.05) is 36.4 Å². The summed E-state index contributed by atoms with van der Waals surface area (Å²) in [6, 6.07) is 21.0. The number of carbonyl (C=O) groups is 1. The highest BCUT2D eigenvalue weighted by atomic mass is 16.5. The number of rotatable bonds is 5. The van der Waals surface area contributed by atoms with Crippen molar-refractivity contribution in [2.24, 2.45) is 0 Å². The van der Waals surface area contributed by atoms with Crippen molar-refractivity contribution in [1.82, 2.24) is 4.98 Å². The molecule has 4 aromatic rings. The SMILES string of the molecule is Cc1ccc(CC(=O)Cc2ccc3c(c2)CCO3)cc1-c1ccc2[nH]ccc2c1. The molecule has 0 saturated carbocycles. The fraction of sp³-hybridized carbons (Fsp3) is 0.192. The average molecular weight is 381 g/mol. The second-order valence-corrected chi connectivity index (χ2v) is 7.86. The van der Waals surface area contributed by atoms with Crippen LogP contribution in [0, 0.1) is 6.92 Å². The number of ether oxygens (including phenoxy) is 1. The van der Waals surface area contributed by atoms with Crippen LogP contribution in [0.3, 0.4) is 0 Å². The Morgan fingerprint density at radius 1 is 0.966 bits per heavy atom. The molecule has 0 spiro atoms. The lowest BCUT2D eigenvalue weighted by atomic mass is 9.94. The number of hydrogen-bond acceptors (Lipinski definition) is 2. The summed E-state index contributed by atoms with van der Waals surface area (Å²) in [4.78, 5) is 16.0. The Hall–Kier alpha value is -3.33. The molecule has 0 atom stereocenters. The molecule has 3 heteroatoms. The standard InChI is InChI=1S/C26H23NO2/c1-17-2-3-19(15-24(17)20-5-6-25-21(16-20)8-10-27-25)14-23(28)13-18-4-7-26-22(12-18)9-11-29-26/h2-8,10,12,15-16,27H,9,11,13-14H2,1H3. The van der Waals surface area contributed by atoms with Crippen molar-refractivity contribution < 1.29 is 9.53 Å². The number of aromatic amines is 1. The summed E-state index contributed by atoms with van der Waals surface area (Å²) in [6.07, 6.45) is 3.81. The lowest BCUT2D eigenvalue weighted by molar-refractivity contribution is -0.117. The van der Waals surface area contributed by atoms with Gasteiger partial charge in [-0.25, -0.2) is 0 Å². The van der Waals surface area contributed by atoms with Gasteiger partial charge in [-0.15, -0.1) is 0 Å². The Balaban J connectivity index is 1.36. The number of fused-ring (bicyclic) bond motifs is 2. The smallest absolute Gasteiger partial charge is 0.141 e. The Bertz CT molecular complexity index is 1220. The molecular weight excluding hydrogens is 358 g/mol.